The van der Waals surface area contributed by atoms with Crippen LogP contribution in [0.1, 0.15) is 85.0 Å². The van der Waals surface area contributed by atoms with E-state index in [0.29, 0.717) is 18.4 Å². The Morgan fingerprint density at radius 3 is 2.12 bits per heavy atom. The molecule has 1 aliphatic heterocycles. The van der Waals surface area contributed by atoms with Crippen LogP contribution in [-0.2, 0) is 28.6 Å². The number of carbonyl (C=O) groups excluding carboxylic acids is 4. The number of aliphatic hydroxyl groups is 4. The number of rotatable bonds is 11. The largest absolute Gasteiger partial charge is 0.456 e. The molecule has 0 spiro atoms. The van der Waals surface area contributed by atoms with Gasteiger partial charge < -0.3 is 40.0 Å². The second-order valence-corrected chi connectivity index (χ2v) is 14.8. The summed E-state index contributed by atoms with van der Waals surface area (Å²) in [6, 6.07) is 7.04. The van der Waals surface area contributed by atoms with Gasteiger partial charge in [0.05, 0.1) is 24.3 Å². The molecule has 2 fully saturated rings. The van der Waals surface area contributed by atoms with E-state index in [-0.39, 0.29) is 124 Å². The smallest absolute Gasteiger partial charge is 0.338 e. The van der Waals surface area contributed by atoms with Gasteiger partial charge in [-0.2, -0.15) is 0 Å². The number of ketones is 1. The number of nitrogens with one attached hydrogen (secondary N) is 1. The zero-order chi connectivity index (χ0) is 36.6. The number of ether oxygens (including phenoxy) is 3. The maximum atomic E-state index is 13.8. The molecular weight excluding hydrogens is 1090 g/mol. The van der Waals surface area contributed by atoms with Gasteiger partial charge in [-0.1, -0.05) is 50.6 Å². The summed E-state index contributed by atoms with van der Waals surface area (Å²) in [4.78, 5) is 52.0. The minimum absolute atomic E-state index is 0. The van der Waals surface area contributed by atoms with Crippen LogP contribution in [-0.4, -0.2) is 98.4 Å². The van der Waals surface area contributed by atoms with Gasteiger partial charge in [-0.25, -0.2) is 9.59 Å². The van der Waals surface area contributed by atoms with Crippen molar-refractivity contribution in [1.82, 2.24) is 5.32 Å². The van der Waals surface area contributed by atoms with Gasteiger partial charge in [0.15, 0.2) is 11.9 Å². The first-order valence-electron chi connectivity index (χ1n) is 16.8. The van der Waals surface area contributed by atoms with Crippen LogP contribution in [0.25, 0.3) is 0 Å². The zero-order valence-electron chi connectivity index (χ0n) is 30.7. The Labute approximate surface area is 371 Å². The number of hydrogen-bond donors (Lipinski definition) is 5. The third-order valence-corrected chi connectivity index (χ3v) is 10.7. The predicted molar refractivity (Wildman–Crippen MR) is 178 cm³/mol. The van der Waals surface area contributed by atoms with Crippen molar-refractivity contribution in [3.8, 4) is 0 Å². The van der Waals surface area contributed by atoms with Crippen molar-refractivity contribution in [2.75, 3.05) is 6.61 Å². The predicted octanol–water partition coefficient (Wildman–Crippen LogP) is 2.56. The molecule has 5 N–H and O–H groups in total. The maximum absolute atomic E-state index is 13.8. The van der Waals surface area contributed by atoms with Gasteiger partial charge in [0, 0.05) is 113 Å². The molecule has 51 heavy (non-hydrogen) atoms. The summed E-state index contributed by atoms with van der Waals surface area (Å²) in [5.74, 6) is -4.18. The first-order valence-corrected chi connectivity index (χ1v) is 16.8. The standard InChI is InChI=1S/C37H51NO11.2Ac/c1-19(2)16-25(38-23(6)40)31(42)34(44)48-26-17-37(46,35(7,8)29(21(26)4)30(41)22(5)39)32(49-33(43)24-12-10-9-11-13-24)28-20(3)14-15-27-36(28,45)18-47-27;;/h9-13,16,20,25-28,30-32,41-42,45-46H,14-15,17-18H2,1-8H3,(H,38,40);;/t20-,25?,26?,27?,28?,30?,31?,32?,36?,37?;;/m0../s1. The summed E-state index contributed by atoms with van der Waals surface area (Å²) in [7, 11) is 0. The van der Waals surface area contributed by atoms with E-state index >= 15 is 0 Å². The molecule has 0 bridgehead atoms. The van der Waals surface area contributed by atoms with Crippen molar-refractivity contribution in [3.63, 3.8) is 0 Å². The van der Waals surface area contributed by atoms with Crippen LogP contribution < -0.4 is 5.32 Å². The maximum Gasteiger partial charge on any atom is 0.338 e. The summed E-state index contributed by atoms with van der Waals surface area (Å²) in [5, 5.41) is 50.1. The van der Waals surface area contributed by atoms with Crippen molar-refractivity contribution < 1.29 is 142 Å². The quantitative estimate of drug-likeness (QED) is 0.162. The Hall–Kier alpha value is -0.537. The van der Waals surface area contributed by atoms with E-state index in [1.807, 2.05) is 6.92 Å². The van der Waals surface area contributed by atoms with Crippen LogP contribution in [0.4, 0.5) is 0 Å². The van der Waals surface area contributed by atoms with Gasteiger partial charge in [-0.3, -0.25) is 9.59 Å². The summed E-state index contributed by atoms with van der Waals surface area (Å²) in [6.07, 6.45) is -4.66. The van der Waals surface area contributed by atoms with E-state index in [1.165, 1.54) is 19.9 Å². The first-order chi connectivity index (χ1) is 22.8. The van der Waals surface area contributed by atoms with Crippen LogP contribution in [0.2, 0.25) is 0 Å². The van der Waals surface area contributed by atoms with Crippen LogP contribution in [0.3, 0.4) is 0 Å². The first kappa shape index (κ1) is 46.6. The normalized spacial score (nSPS) is 30.3. The van der Waals surface area contributed by atoms with E-state index in [1.54, 1.807) is 65.0 Å². The van der Waals surface area contributed by atoms with Crippen molar-refractivity contribution >= 4 is 23.6 Å². The fraction of sp³-hybridized carbons (Fsp3) is 0.622. The number of allylic oxidation sites excluding steroid dienone is 1. The molecule has 1 saturated heterocycles. The number of amides is 1. The van der Waals surface area contributed by atoms with Gasteiger partial charge >= 0.3 is 11.9 Å². The molecule has 1 aromatic rings. The number of fused-ring (bicyclic) bond motifs is 1. The number of carbonyl (C=O) groups is 4. The monoisotopic (exact) mass is 1140 g/mol. The molecule has 0 aromatic heterocycles. The fourth-order valence-electron chi connectivity index (χ4n) is 8.00. The van der Waals surface area contributed by atoms with E-state index in [9.17, 15) is 39.6 Å². The number of Topliss-reactive ketones (excluding diaryl/α,β-unsaturated/α-hetero) is 1. The van der Waals surface area contributed by atoms with Crippen molar-refractivity contribution in [2.45, 2.75) is 122 Å². The molecule has 1 aromatic carbocycles. The third kappa shape index (κ3) is 9.47. The number of benzene rings is 1. The second-order valence-electron chi connectivity index (χ2n) is 14.8. The Morgan fingerprint density at radius 2 is 1.61 bits per heavy atom. The van der Waals surface area contributed by atoms with E-state index < -0.39 is 82.7 Å². The number of aliphatic hydroxyl groups excluding tert-OH is 2. The van der Waals surface area contributed by atoms with E-state index in [0.717, 1.165) is 0 Å². The molecule has 12 nitrogen and oxygen atoms in total. The fourth-order valence-corrected chi connectivity index (χ4v) is 8.00. The molecule has 276 valence electrons. The Kier molecular flexibility index (Phi) is 16.8. The zero-order valence-corrected chi connectivity index (χ0v) is 40.2. The second kappa shape index (κ2) is 18.4. The Balaban J connectivity index is 0.00000451. The summed E-state index contributed by atoms with van der Waals surface area (Å²) >= 11 is 0. The minimum atomic E-state index is -2.16. The average molecular weight is 1140 g/mol. The van der Waals surface area contributed by atoms with Crippen molar-refractivity contribution in [2.24, 2.45) is 17.3 Å². The van der Waals surface area contributed by atoms with Crippen molar-refractivity contribution in [1.29, 1.82) is 0 Å². The van der Waals surface area contributed by atoms with Gasteiger partial charge in [-0.05, 0) is 69.7 Å². The van der Waals surface area contributed by atoms with Crippen LogP contribution in [0.5, 0.6) is 0 Å². The van der Waals surface area contributed by atoms with Gasteiger partial charge in [0.25, 0.3) is 0 Å². The third-order valence-electron chi connectivity index (χ3n) is 10.7. The molecule has 1 amide bonds. The van der Waals surface area contributed by atoms with Crippen LogP contribution in [0, 0.1) is 105 Å². The molecule has 2 radical (unpaired) electrons. The minimum Gasteiger partial charge on any atom is -0.456 e. The molecule has 4 rings (SSSR count). The van der Waals surface area contributed by atoms with Gasteiger partial charge in [-0.15, -0.1) is 0 Å². The molecule has 9 unspecified atom stereocenters. The van der Waals surface area contributed by atoms with Gasteiger partial charge in [0.2, 0.25) is 5.91 Å². The van der Waals surface area contributed by atoms with Gasteiger partial charge in [0.1, 0.15) is 29.5 Å². The van der Waals surface area contributed by atoms with Crippen molar-refractivity contribution in [3.05, 3.63) is 58.7 Å². The Bertz CT molecular complexity index is 1510. The number of esters is 2. The molecular formula is C37H51Ac2NO11. The topological polar surface area (TPSA) is 189 Å². The van der Waals surface area contributed by atoms with E-state index in [2.05, 4.69) is 5.32 Å². The average Bonchev–Trinajstić information content (AvgIpc) is 3.01. The molecule has 1 heterocycles. The number of hydrogen-bond acceptors (Lipinski definition) is 11. The van der Waals surface area contributed by atoms with Crippen LogP contribution >= 0.6 is 0 Å². The summed E-state index contributed by atoms with van der Waals surface area (Å²) < 4.78 is 17.8. The SMILES string of the molecule is CC(=O)NC(C=C(C)C)C(O)C(=O)OC1CC(O)(C(OC(=O)c2ccccc2)C2[C@@H](C)CCC3OCC32O)C(C)(C)C(C(O)C(C)=O)=C1C.[Ac].[Ac]. The van der Waals surface area contributed by atoms with E-state index in [4.69, 9.17) is 14.2 Å². The summed E-state index contributed by atoms with van der Waals surface area (Å²) in [6.45, 7) is 12.5. The molecule has 10 atom stereocenters. The van der Waals surface area contributed by atoms with Crippen LogP contribution in [0.15, 0.2) is 53.1 Å². The molecule has 14 heteroatoms. The molecule has 3 aliphatic rings. The Morgan fingerprint density at radius 1 is 1.00 bits per heavy atom. The molecule has 1 saturated carbocycles. The molecule has 2 aliphatic carbocycles. The summed E-state index contributed by atoms with van der Waals surface area (Å²) in [5.41, 5.74) is -3.90.